The number of rotatable bonds is 2. The molecule has 0 fully saturated rings. The Morgan fingerprint density at radius 2 is 1.58 bits per heavy atom. The summed E-state index contributed by atoms with van der Waals surface area (Å²) in [7, 11) is 3.21. The number of halogens is 3. The van der Waals surface area contributed by atoms with Crippen molar-refractivity contribution in [3.63, 3.8) is 0 Å². The van der Waals surface area contributed by atoms with E-state index in [-0.39, 0.29) is 43.5 Å². The molecule has 0 radical (unpaired) electrons. The van der Waals surface area contributed by atoms with Gasteiger partial charge in [0, 0.05) is 14.2 Å². The van der Waals surface area contributed by atoms with E-state index in [1.165, 1.54) is 11.1 Å². The van der Waals surface area contributed by atoms with Crippen molar-refractivity contribution in [1.29, 1.82) is 0 Å². The van der Waals surface area contributed by atoms with Crippen molar-refractivity contribution in [2.75, 3.05) is 14.2 Å². The van der Waals surface area contributed by atoms with Gasteiger partial charge in [-0.3, -0.25) is 0 Å². The summed E-state index contributed by atoms with van der Waals surface area (Å²) in [4.78, 5) is 0. The average molecular weight is 403 g/mol. The summed E-state index contributed by atoms with van der Waals surface area (Å²) in [5, 5.41) is 0. The topological polar surface area (TPSA) is 18.5 Å². The van der Waals surface area contributed by atoms with Crippen LogP contribution >= 0.6 is 0 Å². The van der Waals surface area contributed by atoms with Gasteiger partial charge in [0.15, 0.2) is 6.29 Å². The molecule has 1 aromatic rings. The predicted molar refractivity (Wildman–Crippen MR) is 61.7 cm³/mol. The van der Waals surface area contributed by atoms with Crippen LogP contribution in [0.1, 0.15) is 21.7 Å². The van der Waals surface area contributed by atoms with Gasteiger partial charge >= 0.3 is 75.9 Å². The van der Waals surface area contributed by atoms with Gasteiger partial charge in [0.1, 0.15) is 0 Å². The average Bonchev–Trinajstić information content (AvgIpc) is 2.72. The van der Waals surface area contributed by atoms with Crippen molar-refractivity contribution in [2.24, 2.45) is 0 Å². The molecule has 0 spiro atoms. The molecule has 0 saturated heterocycles. The van der Waals surface area contributed by atoms with E-state index < -0.39 is 0 Å². The fraction of sp³-hybridized carbons (Fsp3) is 0.385. The fourth-order valence-corrected chi connectivity index (χ4v) is 2.23. The van der Waals surface area contributed by atoms with Gasteiger partial charge in [-0.1, -0.05) is 0 Å². The summed E-state index contributed by atoms with van der Waals surface area (Å²) >= 11 is 1.59. The Hall–Kier alpha value is 0.633. The molecule has 0 heterocycles. The molecule has 0 saturated carbocycles. The Kier molecular flexibility index (Phi) is 17.6. The monoisotopic (exact) mass is 400 g/mol. The van der Waals surface area contributed by atoms with Crippen LogP contribution in [0, 0.1) is 0 Å². The molecule has 1 aliphatic carbocycles. The first-order valence-corrected chi connectivity index (χ1v) is 6.64. The molecule has 19 heavy (non-hydrogen) atoms. The van der Waals surface area contributed by atoms with Gasteiger partial charge < -0.3 is 46.7 Å². The molecule has 106 valence electrons. The van der Waals surface area contributed by atoms with Crippen molar-refractivity contribution < 1.29 is 71.4 Å². The van der Waals surface area contributed by atoms with Crippen molar-refractivity contribution in [3.05, 3.63) is 41.5 Å². The minimum absolute atomic E-state index is 0. The van der Waals surface area contributed by atoms with Crippen LogP contribution in [0.15, 0.2) is 30.3 Å². The van der Waals surface area contributed by atoms with E-state index in [9.17, 15) is 0 Å². The number of benzene rings is 1. The van der Waals surface area contributed by atoms with E-state index in [4.69, 9.17) is 0 Å². The molecule has 0 N–H and O–H groups in total. The molecule has 1 atom stereocenters. The molecule has 0 aromatic heterocycles. The zero-order valence-corrected chi connectivity index (χ0v) is 15.8. The van der Waals surface area contributed by atoms with E-state index in [0.29, 0.717) is 3.63 Å². The number of hydrogen-bond acceptors (Lipinski definition) is 2. The molecule has 1 aliphatic rings. The Morgan fingerprint density at radius 3 is 2.00 bits per heavy atom. The molecular formula is C13H17Cl3O2Zr. The van der Waals surface area contributed by atoms with Crippen LogP contribution < -0.4 is 37.2 Å². The minimum atomic E-state index is -0.0648. The first-order valence-electron chi connectivity index (χ1n) is 5.23. The third-order valence-corrected chi connectivity index (χ3v) is 3.70. The van der Waals surface area contributed by atoms with Crippen molar-refractivity contribution in [3.8, 4) is 0 Å². The summed E-state index contributed by atoms with van der Waals surface area (Å²) in [5.74, 6) is 0. The zero-order chi connectivity index (χ0) is 12.0. The van der Waals surface area contributed by atoms with Crippen molar-refractivity contribution in [1.82, 2.24) is 0 Å². The third-order valence-electron chi connectivity index (χ3n) is 2.46. The van der Waals surface area contributed by atoms with Crippen LogP contribution in [0.2, 0.25) is 0 Å². The summed E-state index contributed by atoms with van der Waals surface area (Å²) in [5.41, 5.74) is 2.91. The summed E-state index contributed by atoms with van der Waals surface area (Å²) in [6.07, 6.45) is 4.43. The van der Waals surface area contributed by atoms with Crippen LogP contribution in [0.25, 0.3) is 6.08 Å². The standard InChI is InChI=1S/C9H7.C4H10O2.3ClH.Zr/c1-2-5-9-7-3-6-8(9)4-1;1-4(5-2)6-3;;;;/h1-7H;4H,1-3H3;3*1H;/q;;;;;+3/p-3. The molecule has 0 amide bonds. The van der Waals surface area contributed by atoms with E-state index in [2.05, 4.69) is 45.9 Å². The molecule has 2 rings (SSSR count). The van der Waals surface area contributed by atoms with E-state index in [0.717, 1.165) is 0 Å². The molecular weight excluding hydrogens is 386 g/mol. The second kappa shape index (κ2) is 13.6. The van der Waals surface area contributed by atoms with Gasteiger partial charge in [-0.05, 0) is 6.92 Å². The van der Waals surface area contributed by atoms with E-state index in [1.54, 1.807) is 38.9 Å². The quantitative estimate of drug-likeness (QED) is 0.459. The Labute approximate surface area is 149 Å². The number of methoxy groups -OCH3 is 2. The Balaban J connectivity index is -0.000000257. The second-order valence-corrected chi connectivity index (χ2v) is 5.03. The summed E-state index contributed by atoms with van der Waals surface area (Å²) < 4.78 is 10.1. The summed E-state index contributed by atoms with van der Waals surface area (Å²) in [6, 6.07) is 8.60. The van der Waals surface area contributed by atoms with Crippen LogP contribution in [-0.4, -0.2) is 20.5 Å². The third kappa shape index (κ3) is 8.50. The number of fused-ring (bicyclic) bond motifs is 1. The first kappa shape index (κ1) is 24.6. The van der Waals surface area contributed by atoms with Crippen LogP contribution in [0.5, 0.6) is 0 Å². The Bertz CT molecular complexity index is 357. The van der Waals surface area contributed by atoms with Crippen LogP contribution in [-0.2, 0) is 34.2 Å². The number of allylic oxidation sites excluding steroid dienone is 1. The van der Waals surface area contributed by atoms with Crippen molar-refractivity contribution in [2.45, 2.75) is 16.8 Å². The van der Waals surface area contributed by atoms with Gasteiger partial charge in [-0.2, -0.15) is 0 Å². The fourth-order valence-electron chi connectivity index (χ4n) is 1.35. The van der Waals surface area contributed by atoms with E-state index >= 15 is 0 Å². The second-order valence-electron chi connectivity index (χ2n) is 3.50. The zero-order valence-electron chi connectivity index (χ0n) is 11.1. The Morgan fingerprint density at radius 1 is 1.05 bits per heavy atom. The molecule has 0 aliphatic heterocycles. The van der Waals surface area contributed by atoms with Crippen LogP contribution in [0.3, 0.4) is 0 Å². The van der Waals surface area contributed by atoms with Gasteiger partial charge in [0.25, 0.3) is 0 Å². The maximum absolute atomic E-state index is 4.68. The van der Waals surface area contributed by atoms with Gasteiger partial charge in [-0.15, -0.1) is 0 Å². The van der Waals surface area contributed by atoms with Crippen molar-refractivity contribution >= 4 is 6.08 Å². The predicted octanol–water partition coefficient (Wildman–Crippen LogP) is -6.06. The SMILES string of the molecule is COC(C)OC.[Cl-].[Cl-].[Cl-].[Zr+3][CH]1C=Cc2ccccc21. The van der Waals surface area contributed by atoms with Gasteiger partial charge in [0.05, 0.1) is 0 Å². The normalized spacial score (nSPS) is 14.3. The van der Waals surface area contributed by atoms with E-state index in [1.807, 2.05) is 6.92 Å². The van der Waals surface area contributed by atoms with Gasteiger partial charge in [0.2, 0.25) is 0 Å². The summed E-state index contributed by atoms with van der Waals surface area (Å²) in [6.45, 7) is 1.83. The van der Waals surface area contributed by atoms with Crippen LogP contribution in [0.4, 0.5) is 0 Å². The van der Waals surface area contributed by atoms with Gasteiger partial charge in [-0.25, -0.2) is 0 Å². The maximum atomic E-state index is 4.68. The number of hydrogen-bond donors (Lipinski definition) is 0. The number of ether oxygens (including phenoxy) is 2. The molecule has 1 unspecified atom stereocenters. The molecule has 6 heteroatoms. The molecule has 1 aromatic carbocycles. The molecule has 2 nitrogen and oxygen atoms in total. The first-order chi connectivity index (χ1) is 7.69. The molecule has 0 bridgehead atoms.